The maximum atomic E-state index is 11.5. The Morgan fingerprint density at radius 3 is 1.81 bits per heavy atom. The third-order valence-corrected chi connectivity index (χ3v) is 26.5. The van der Waals surface area contributed by atoms with E-state index in [1.165, 1.54) is 51.8 Å². The fraction of sp³-hybridized carbons (Fsp3) is 0.667. The van der Waals surface area contributed by atoms with Crippen LogP contribution in [0.15, 0.2) is 33.0 Å². The molecular formula is C27H47NO2SiSn. The number of carbonyl (C=O) groups excluding carboxylic acids is 1. The van der Waals surface area contributed by atoms with Gasteiger partial charge < -0.3 is 0 Å². The van der Waals surface area contributed by atoms with Crippen LogP contribution in [0.25, 0.3) is 6.08 Å². The van der Waals surface area contributed by atoms with Crippen LogP contribution in [0.1, 0.15) is 85.6 Å². The number of rotatable bonds is 14. The van der Waals surface area contributed by atoms with Crippen LogP contribution in [0.2, 0.25) is 31.4 Å². The van der Waals surface area contributed by atoms with Crippen LogP contribution in [0.3, 0.4) is 0 Å². The Morgan fingerprint density at radius 2 is 1.44 bits per heavy atom. The fourth-order valence-corrected chi connectivity index (χ4v) is 20.2. The average Bonchev–Trinajstić information content (AvgIpc) is 2.73. The molecule has 0 fully saturated rings. The topological polar surface area (TPSA) is 38.7 Å². The van der Waals surface area contributed by atoms with Crippen LogP contribution in [0.4, 0.5) is 0 Å². The van der Waals surface area contributed by atoms with Gasteiger partial charge in [0, 0.05) is 0 Å². The molecule has 0 saturated carbocycles. The first kappa shape index (κ1) is 29.2. The van der Waals surface area contributed by atoms with E-state index in [-0.39, 0.29) is 5.04 Å². The van der Waals surface area contributed by atoms with Crippen LogP contribution >= 0.6 is 0 Å². The van der Waals surface area contributed by atoms with Crippen LogP contribution in [-0.4, -0.2) is 32.8 Å². The van der Waals surface area contributed by atoms with Crippen molar-refractivity contribution in [3.05, 3.63) is 33.5 Å². The van der Waals surface area contributed by atoms with Gasteiger partial charge in [-0.15, -0.1) is 0 Å². The Hall–Kier alpha value is -0.844. The molecule has 0 amide bonds. The molecule has 1 aromatic carbocycles. The van der Waals surface area contributed by atoms with Crippen molar-refractivity contribution in [3.63, 3.8) is 0 Å². The SMILES string of the molecule is CCC[CH2][Sn]([CH2]CCC)([CH2]CCC)/[C](=C/c1ccc(O[Si](C)(C)C(C)(C)C)cc1)N=C=O. The molecule has 5 heteroatoms. The fourth-order valence-electron chi connectivity index (χ4n) is 3.90. The molecule has 0 aliphatic carbocycles. The first-order valence-electron chi connectivity index (χ1n) is 12.6. The molecule has 0 aromatic heterocycles. The number of hydrogen-bond donors (Lipinski definition) is 0. The minimum absolute atomic E-state index is 0.170. The number of isocyanates is 1. The average molecular weight is 564 g/mol. The van der Waals surface area contributed by atoms with Gasteiger partial charge >= 0.3 is 204 Å². The summed E-state index contributed by atoms with van der Waals surface area (Å²) in [6, 6.07) is 8.41. The predicted octanol–water partition coefficient (Wildman–Crippen LogP) is 9.14. The van der Waals surface area contributed by atoms with Crippen LogP contribution in [0, 0.1) is 0 Å². The van der Waals surface area contributed by atoms with Gasteiger partial charge in [0.1, 0.15) is 0 Å². The van der Waals surface area contributed by atoms with Gasteiger partial charge in [-0.3, -0.25) is 0 Å². The summed E-state index contributed by atoms with van der Waals surface area (Å²) >= 11 is -2.79. The molecule has 0 N–H and O–H groups in total. The molecule has 0 bridgehead atoms. The van der Waals surface area contributed by atoms with Crippen molar-refractivity contribution >= 4 is 38.9 Å². The quantitative estimate of drug-likeness (QED) is 0.128. The van der Waals surface area contributed by atoms with Gasteiger partial charge in [-0.2, -0.15) is 0 Å². The standard InChI is InChI=1S/C15H20NO2Si.3C4H9.Sn/c1-15(2,3)19(4,5)18-14-8-6-13(7-9-14)10-11-16-12-17;3*1-3-4-2;/h6-10H,1-5H3;3*1,3-4H2,2H3;. The van der Waals surface area contributed by atoms with Crippen molar-refractivity contribution in [1.29, 1.82) is 0 Å². The van der Waals surface area contributed by atoms with E-state index in [9.17, 15) is 4.79 Å². The molecule has 0 radical (unpaired) electrons. The van der Waals surface area contributed by atoms with Crippen molar-refractivity contribution in [1.82, 2.24) is 0 Å². The van der Waals surface area contributed by atoms with E-state index in [0.29, 0.717) is 0 Å². The molecule has 1 aromatic rings. The van der Waals surface area contributed by atoms with Crippen molar-refractivity contribution in [2.24, 2.45) is 4.99 Å². The van der Waals surface area contributed by atoms with E-state index >= 15 is 0 Å². The van der Waals surface area contributed by atoms with Gasteiger partial charge in [0.25, 0.3) is 0 Å². The third-order valence-electron chi connectivity index (χ3n) is 7.10. The Bertz CT molecular complexity index is 737. The summed E-state index contributed by atoms with van der Waals surface area (Å²) in [6.45, 7) is 18.1. The van der Waals surface area contributed by atoms with Crippen LogP contribution < -0.4 is 4.43 Å². The molecule has 0 spiro atoms. The van der Waals surface area contributed by atoms with Gasteiger partial charge in [0.2, 0.25) is 0 Å². The minimum atomic E-state index is -2.79. The number of nitrogens with zero attached hydrogens (tertiary/aromatic N) is 1. The van der Waals surface area contributed by atoms with Gasteiger partial charge in [0.05, 0.1) is 0 Å². The summed E-state index contributed by atoms with van der Waals surface area (Å²) in [4.78, 5) is 15.9. The summed E-state index contributed by atoms with van der Waals surface area (Å²) in [7, 11) is -1.86. The van der Waals surface area contributed by atoms with Crippen molar-refractivity contribution in [2.45, 2.75) is 112 Å². The Kier molecular flexibility index (Phi) is 12.6. The van der Waals surface area contributed by atoms with Crippen LogP contribution in [-0.2, 0) is 4.79 Å². The second-order valence-electron chi connectivity index (χ2n) is 10.8. The monoisotopic (exact) mass is 565 g/mol. The second-order valence-corrected chi connectivity index (χ2v) is 28.5. The molecular weight excluding hydrogens is 517 g/mol. The summed E-state index contributed by atoms with van der Waals surface area (Å²) < 4.78 is 11.4. The number of hydrogen-bond acceptors (Lipinski definition) is 3. The zero-order chi connectivity index (χ0) is 24.3. The first-order chi connectivity index (χ1) is 15.0. The molecule has 32 heavy (non-hydrogen) atoms. The van der Waals surface area contributed by atoms with E-state index in [1.54, 1.807) is 0 Å². The molecule has 3 nitrogen and oxygen atoms in total. The normalized spacial score (nSPS) is 13.1. The second kappa shape index (κ2) is 13.8. The van der Waals surface area contributed by atoms with Gasteiger partial charge in [-0.25, -0.2) is 0 Å². The third kappa shape index (κ3) is 8.83. The summed E-state index contributed by atoms with van der Waals surface area (Å²) in [6.07, 6.45) is 11.5. The first-order valence-corrected chi connectivity index (χ1v) is 23.0. The van der Waals surface area contributed by atoms with E-state index < -0.39 is 26.7 Å². The van der Waals surface area contributed by atoms with E-state index in [1.807, 2.05) is 6.08 Å². The number of benzene rings is 1. The van der Waals surface area contributed by atoms with E-state index in [4.69, 9.17) is 4.43 Å². The van der Waals surface area contributed by atoms with E-state index in [2.05, 4.69) is 90.0 Å². The molecule has 0 aliphatic heterocycles. The summed E-state index contributed by atoms with van der Waals surface area (Å²) in [5.74, 6) is 0.937. The zero-order valence-electron chi connectivity index (χ0n) is 22.0. The summed E-state index contributed by atoms with van der Waals surface area (Å²) in [5.41, 5.74) is 1.12. The van der Waals surface area contributed by atoms with Crippen LogP contribution in [0.5, 0.6) is 5.75 Å². The molecule has 0 heterocycles. The predicted molar refractivity (Wildman–Crippen MR) is 145 cm³/mol. The molecule has 0 saturated heterocycles. The van der Waals surface area contributed by atoms with Gasteiger partial charge in [-0.05, 0) is 0 Å². The molecule has 0 aliphatic rings. The Labute approximate surface area is 203 Å². The van der Waals surface area contributed by atoms with E-state index in [0.717, 1.165) is 15.0 Å². The van der Waals surface area contributed by atoms with Crippen molar-refractivity contribution < 1.29 is 9.22 Å². The number of unbranched alkanes of at least 4 members (excludes halogenated alkanes) is 3. The molecule has 0 unspecified atom stereocenters. The van der Waals surface area contributed by atoms with Gasteiger partial charge in [0.15, 0.2) is 0 Å². The van der Waals surface area contributed by atoms with Gasteiger partial charge in [-0.1, -0.05) is 0 Å². The van der Waals surface area contributed by atoms with Crippen molar-refractivity contribution in [3.8, 4) is 5.75 Å². The Morgan fingerprint density at radius 1 is 0.969 bits per heavy atom. The van der Waals surface area contributed by atoms with Crippen molar-refractivity contribution in [2.75, 3.05) is 0 Å². The molecule has 1 rings (SSSR count). The molecule has 180 valence electrons. The Balaban J connectivity index is 3.32. The summed E-state index contributed by atoms with van der Waals surface area (Å²) in [5, 5.41) is 0.170. The zero-order valence-corrected chi connectivity index (χ0v) is 25.9. The molecule has 0 atom stereocenters. The number of aliphatic imine (C=N–C) groups is 1. The maximum absolute atomic E-state index is 11.5.